The Morgan fingerprint density at radius 2 is 2.27 bits per heavy atom. The van der Waals surface area contributed by atoms with Gasteiger partial charge in [0.05, 0.1) is 12.7 Å². The second-order valence-corrected chi connectivity index (χ2v) is 2.44. The van der Waals surface area contributed by atoms with Gasteiger partial charge < -0.3 is 10.5 Å². The Morgan fingerprint density at radius 3 is 2.64 bits per heavy atom. The predicted octanol–water partition coefficient (Wildman–Crippen LogP) is 0.509. The molecule has 0 saturated carbocycles. The molecule has 0 aliphatic carbocycles. The van der Waals surface area contributed by atoms with Crippen molar-refractivity contribution in [3.63, 3.8) is 0 Å². The molecule has 0 aromatic rings. The Kier molecular flexibility index (Phi) is 3.93. The largest absolute Gasteiger partial charge is 0.373 e. The van der Waals surface area contributed by atoms with E-state index in [-0.39, 0.29) is 6.61 Å². The molecule has 64 valence electrons. The number of hydrogen-bond acceptors (Lipinski definition) is 3. The van der Waals surface area contributed by atoms with E-state index in [1.54, 1.807) is 6.07 Å². The number of ether oxygens (including phenoxy) is 1. The van der Waals surface area contributed by atoms with Crippen molar-refractivity contribution in [1.29, 1.82) is 5.26 Å². The van der Waals surface area contributed by atoms with Gasteiger partial charge in [-0.2, -0.15) is 5.26 Å². The minimum atomic E-state index is -2.51. The summed E-state index contributed by atoms with van der Waals surface area (Å²) >= 11 is 0. The van der Waals surface area contributed by atoms with Crippen molar-refractivity contribution in [3.05, 3.63) is 0 Å². The average molecular weight is 164 g/mol. The molecule has 11 heavy (non-hydrogen) atoms. The fourth-order valence-electron chi connectivity index (χ4n) is 0.392. The summed E-state index contributed by atoms with van der Waals surface area (Å²) in [6, 6.07) is 1.72. The van der Waals surface area contributed by atoms with E-state index in [1.165, 1.54) is 6.92 Å². The summed E-state index contributed by atoms with van der Waals surface area (Å²) in [5, 5.41) is 8.32. The molecule has 1 unspecified atom stereocenters. The zero-order chi connectivity index (χ0) is 8.91. The quantitative estimate of drug-likeness (QED) is 0.658. The van der Waals surface area contributed by atoms with E-state index in [9.17, 15) is 8.78 Å². The SMILES string of the molecule is CC(N)(C#N)COCC(F)F. The topological polar surface area (TPSA) is 59.0 Å². The maximum Gasteiger partial charge on any atom is 0.261 e. The second-order valence-electron chi connectivity index (χ2n) is 2.44. The Hall–Kier alpha value is -0.730. The second kappa shape index (κ2) is 4.21. The van der Waals surface area contributed by atoms with E-state index in [2.05, 4.69) is 4.74 Å². The number of nitriles is 1. The molecule has 0 spiro atoms. The summed E-state index contributed by atoms with van der Waals surface area (Å²) in [5.74, 6) is 0. The molecule has 0 saturated heterocycles. The molecule has 2 N–H and O–H groups in total. The molecule has 0 aromatic heterocycles. The Balaban J connectivity index is 3.48. The first-order chi connectivity index (χ1) is 4.98. The fourth-order valence-corrected chi connectivity index (χ4v) is 0.392. The van der Waals surface area contributed by atoms with Gasteiger partial charge in [-0.05, 0) is 6.92 Å². The van der Waals surface area contributed by atoms with Gasteiger partial charge in [0.1, 0.15) is 12.1 Å². The third-order valence-corrected chi connectivity index (χ3v) is 0.901. The van der Waals surface area contributed by atoms with Crippen LogP contribution in [-0.2, 0) is 4.74 Å². The summed E-state index contributed by atoms with van der Waals surface area (Å²) < 4.78 is 27.4. The van der Waals surface area contributed by atoms with Crippen LogP contribution in [0.1, 0.15) is 6.92 Å². The lowest BCUT2D eigenvalue weighted by molar-refractivity contribution is 0.00754. The van der Waals surface area contributed by atoms with E-state index in [0.29, 0.717) is 0 Å². The molecule has 1 atom stereocenters. The normalized spacial score (nSPS) is 16.0. The first-order valence-electron chi connectivity index (χ1n) is 3.04. The number of hydrogen-bond donors (Lipinski definition) is 1. The molecule has 0 aliphatic rings. The predicted molar refractivity (Wildman–Crippen MR) is 35.0 cm³/mol. The van der Waals surface area contributed by atoms with E-state index in [0.717, 1.165) is 0 Å². The minimum Gasteiger partial charge on any atom is -0.373 e. The van der Waals surface area contributed by atoms with Gasteiger partial charge in [0.15, 0.2) is 0 Å². The standard InChI is InChI=1S/C6H10F2N2O/c1-6(10,3-9)4-11-2-5(7)8/h5H,2,4,10H2,1H3. The van der Waals surface area contributed by atoms with E-state index < -0.39 is 18.6 Å². The molecule has 0 heterocycles. The van der Waals surface area contributed by atoms with E-state index in [4.69, 9.17) is 11.0 Å². The van der Waals surface area contributed by atoms with Gasteiger partial charge in [-0.3, -0.25) is 0 Å². The lowest BCUT2D eigenvalue weighted by atomic mass is 10.1. The van der Waals surface area contributed by atoms with Crippen molar-refractivity contribution in [2.75, 3.05) is 13.2 Å². The molecule has 3 nitrogen and oxygen atoms in total. The maximum absolute atomic E-state index is 11.5. The number of alkyl halides is 2. The number of rotatable bonds is 4. The fraction of sp³-hybridized carbons (Fsp3) is 0.833. The zero-order valence-corrected chi connectivity index (χ0v) is 6.18. The smallest absolute Gasteiger partial charge is 0.261 e. The lowest BCUT2D eigenvalue weighted by Gasteiger charge is -2.14. The van der Waals surface area contributed by atoms with Gasteiger partial charge in [0.25, 0.3) is 6.43 Å². The van der Waals surface area contributed by atoms with Gasteiger partial charge in [0.2, 0.25) is 0 Å². The number of nitrogens with zero attached hydrogens (tertiary/aromatic N) is 1. The Bertz CT molecular complexity index is 153. The molecule has 0 radical (unpaired) electrons. The van der Waals surface area contributed by atoms with Gasteiger partial charge in [-0.15, -0.1) is 0 Å². The van der Waals surface area contributed by atoms with Gasteiger partial charge in [-0.1, -0.05) is 0 Å². The lowest BCUT2D eigenvalue weighted by Crippen LogP contribution is -2.39. The van der Waals surface area contributed by atoms with Crippen LogP contribution in [0.15, 0.2) is 0 Å². The van der Waals surface area contributed by atoms with Crippen LogP contribution in [0.25, 0.3) is 0 Å². The summed E-state index contributed by atoms with van der Waals surface area (Å²) in [6.45, 7) is 0.570. The maximum atomic E-state index is 11.5. The van der Waals surface area contributed by atoms with Crippen molar-refractivity contribution in [1.82, 2.24) is 0 Å². The van der Waals surface area contributed by atoms with Crippen LogP contribution in [0.4, 0.5) is 8.78 Å². The zero-order valence-electron chi connectivity index (χ0n) is 6.18. The molecule has 0 aliphatic heterocycles. The van der Waals surface area contributed by atoms with Crippen molar-refractivity contribution in [2.24, 2.45) is 5.73 Å². The summed E-state index contributed by atoms with van der Waals surface area (Å²) in [6.07, 6.45) is -2.51. The summed E-state index contributed by atoms with van der Waals surface area (Å²) in [7, 11) is 0. The van der Waals surface area contributed by atoms with Crippen LogP contribution in [-0.4, -0.2) is 25.2 Å². The van der Waals surface area contributed by atoms with Gasteiger partial charge in [-0.25, -0.2) is 8.78 Å². The highest BCUT2D eigenvalue weighted by atomic mass is 19.3. The Labute approximate surface area is 63.7 Å². The summed E-state index contributed by atoms with van der Waals surface area (Å²) in [5.41, 5.74) is 4.10. The first-order valence-corrected chi connectivity index (χ1v) is 3.04. The molecular weight excluding hydrogens is 154 g/mol. The highest BCUT2D eigenvalue weighted by Crippen LogP contribution is 1.99. The van der Waals surface area contributed by atoms with E-state index in [1.807, 2.05) is 0 Å². The molecule has 0 bridgehead atoms. The molecule has 5 heteroatoms. The van der Waals surface area contributed by atoms with Crippen molar-refractivity contribution >= 4 is 0 Å². The minimum absolute atomic E-state index is 0.173. The Morgan fingerprint density at radius 1 is 1.73 bits per heavy atom. The van der Waals surface area contributed by atoms with Crippen LogP contribution in [0, 0.1) is 11.3 Å². The third kappa shape index (κ3) is 5.70. The van der Waals surface area contributed by atoms with Gasteiger partial charge in [0, 0.05) is 0 Å². The van der Waals surface area contributed by atoms with Crippen LogP contribution in [0.2, 0.25) is 0 Å². The third-order valence-electron chi connectivity index (χ3n) is 0.901. The molecular formula is C6H10F2N2O. The van der Waals surface area contributed by atoms with Crippen molar-refractivity contribution < 1.29 is 13.5 Å². The first kappa shape index (κ1) is 10.3. The highest BCUT2D eigenvalue weighted by molar-refractivity contribution is 5.00. The van der Waals surface area contributed by atoms with Crippen LogP contribution in [0.3, 0.4) is 0 Å². The number of halogens is 2. The van der Waals surface area contributed by atoms with Crippen LogP contribution < -0.4 is 5.73 Å². The molecule has 0 aromatic carbocycles. The number of nitrogens with two attached hydrogens (primary N) is 1. The van der Waals surface area contributed by atoms with Gasteiger partial charge >= 0.3 is 0 Å². The van der Waals surface area contributed by atoms with Crippen LogP contribution >= 0.6 is 0 Å². The molecule has 0 rings (SSSR count). The average Bonchev–Trinajstić information content (AvgIpc) is 1.87. The van der Waals surface area contributed by atoms with Crippen LogP contribution in [0.5, 0.6) is 0 Å². The van der Waals surface area contributed by atoms with Crippen molar-refractivity contribution in [3.8, 4) is 6.07 Å². The van der Waals surface area contributed by atoms with E-state index >= 15 is 0 Å². The highest BCUT2D eigenvalue weighted by Gasteiger charge is 2.17. The molecule has 0 fully saturated rings. The monoisotopic (exact) mass is 164 g/mol. The molecule has 0 amide bonds. The summed E-state index contributed by atoms with van der Waals surface area (Å²) in [4.78, 5) is 0. The van der Waals surface area contributed by atoms with Crippen molar-refractivity contribution in [2.45, 2.75) is 18.9 Å².